The van der Waals surface area contributed by atoms with Crippen LogP contribution in [0, 0.1) is 13.8 Å². The number of rotatable bonds is 6. The van der Waals surface area contributed by atoms with Crippen LogP contribution in [0.3, 0.4) is 0 Å². The van der Waals surface area contributed by atoms with Crippen LogP contribution >= 0.6 is 15.9 Å². The molecule has 0 amide bonds. The highest BCUT2D eigenvalue weighted by atomic mass is 79.9. The first-order valence-electron chi connectivity index (χ1n) is 13.7. The summed E-state index contributed by atoms with van der Waals surface area (Å²) in [5, 5.41) is 1.18. The Morgan fingerprint density at radius 2 is 1.86 bits per heavy atom. The first-order chi connectivity index (χ1) is 18.0. The summed E-state index contributed by atoms with van der Waals surface area (Å²) >= 11 is 3.76. The molecule has 4 nitrogen and oxygen atoms in total. The average Bonchev–Trinajstić information content (AvgIpc) is 3.55. The van der Waals surface area contributed by atoms with Crippen LogP contribution in [0.15, 0.2) is 53.1 Å². The molecule has 2 aliphatic carbocycles. The van der Waals surface area contributed by atoms with Crippen molar-refractivity contribution in [1.82, 2.24) is 14.9 Å². The average molecular weight is 559 g/mol. The van der Waals surface area contributed by atoms with E-state index in [1.54, 1.807) is 0 Å². The van der Waals surface area contributed by atoms with Gasteiger partial charge in [0.2, 0.25) is 0 Å². The van der Waals surface area contributed by atoms with Crippen molar-refractivity contribution >= 4 is 26.8 Å². The minimum absolute atomic E-state index is 0.296. The van der Waals surface area contributed by atoms with Gasteiger partial charge in [-0.3, -0.25) is 9.88 Å². The molecular weight excluding hydrogens is 522 g/mol. The molecule has 2 aromatic carbocycles. The van der Waals surface area contributed by atoms with Crippen LogP contribution < -0.4 is 4.74 Å². The van der Waals surface area contributed by atoms with E-state index in [2.05, 4.69) is 89.2 Å². The Bertz CT molecular complexity index is 1440. The maximum atomic E-state index is 6.78. The van der Waals surface area contributed by atoms with Crippen LogP contribution in [0.5, 0.6) is 5.75 Å². The first kappa shape index (κ1) is 24.7. The highest BCUT2D eigenvalue weighted by Crippen LogP contribution is 2.40. The fourth-order valence-corrected chi connectivity index (χ4v) is 6.97. The van der Waals surface area contributed by atoms with Gasteiger partial charge in [0.1, 0.15) is 5.75 Å². The van der Waals surface area contributed by atoms with E-state index in [1.807, 2.05) is 6.20 Å². The Labute approximate surface area is 228 Å². The van der Waals surface area contributed by atoms with E-state index < -0.39 is 0 Å². The quantitative estimate of drug-likeness (QED) is 0.258. The Hall–Kier alpha value is -2.63. The molecule has 1 saturated carbocycles. The summed E-state index contributed by atoms with van der Waals surface area (Å²) in [6.07, 6.45) is 10.7. The van der Waals surface area contributed by atoms with Crippen molar-refractivity contribution < 1.29 is 4.74 Å². The number of hydrogen-bond donors (Lipinski definition) is 1. The summed E-state index contributed by atoms with van der Waals surface area (Å²) in [5.74, 6) is 1.01. The highest BCUT2D eigenvalue weighted by molar-refractivity contribution is 9.10. The number of pyridine rings is 1. The van der Waals surface area contributed by atoms with Crippen molar-refractivity contribution in [1.29, 1.82) is 0 Å². The minimum Gasteiger partial charge on any atom is -0.490 e. The SMILES string of the molecule is Cc1ccc2[nH]cc(Br)c2c1-c1cc(OC2CCCC2)c(CN(C)C2CCCc3ccccc32)c(C)n1. The van der Waals surface area contributed by atoms with Gasteiger partial charge in [-0.25, -0.2) is 0 Å². The van der Waals surface area contributed by atoms with Gasteiger partial charge in [0.15, 0.2) is 0 Å². The smallest absolute Gasteiger partial charge is 0.128 e. The van der Waals surface area contributed by atoms with E-state index in [1.165, 1.54) is 65.3 Å². The zero-order valence-corrected chi connectivity index (χ0v) is 23.7. The van der Waals surface area contributed by atoms with Crippen molar-refractivity contribution in [3.05, 3.63) is 81.1 Å². The van der Waals surface area contributed by atoms with E-state index in [0.29, 0.717) is 12.1 Å². The first-order valence-corrected chi connectivity index (χ1v) is 14.5. The Kier molecular flexibility index (Phi) is 6.85. The van der Waals surface area contributed by atoms with Crippen LogP contribution in [0.2, 0.25) is 0 Å². The van der Waals surface area contributed by atoms with E-state index in [4.69, 9.17) is 9.72 Å². The summed E-state index contributed by atoms with van der Waals surface area (Å²) in [7, 11) is 2.27. The van der Waals surface area contributed by atoms with E-state index in [9.17, 15) is 0 Å². The molecule has 2 aromatic heterocycles. The number of ether oxygens (including phenoxy) is 1. The molecule has 1 atom stereocenters. The van der Waals surface area contributed by atoms with Gasteiger partial charge in [-0.15, -0.1) is 0 Å². The molecule has 0 saturated heterocycles. The predicted molar refractivity (Wildman–Crippen MR) is 155 cm³/mol. The van der Waals surface area contributed by atoms with E-state index >= 15 is 0 Å². The van der Waals surface area contributed by atoms with Gasteiger partial charge >= 0.3 is 0 Å². The molecule has 0 bridgehead atoms. The van der Waals surface area contributed by atoms with Gasteiger partial charge in [-0.1, -0.05) is 30.3 Å². The van der Waals surface area contributed by atoms with Crippen molar-refractivity contribution in [2.75, 3.05) is 7.05 Å². The van der Waals surface area contributed by atoms with Gasteiger partial charge < -0.3 is 9.72 Å². The Balaban J connectivity index is 1.41. The number of aromatic nitrogens is 2. The maximum absolute atomic E-state index is 6.78. The third-order valence-electron chi connectivity index (χ3n) is 8.43. The molecule has 0 radical (unpaired) electrons. The topological polar surface area (TPSA) is 41.1 Å². The molecule has 0 aliphatic heterocycles. The largest absolute Gasteiger partial charge is 0.490 e. The fraction of sp³-hybridized carbons (Fsp3) is 0.406. The molecule has 6 rings (SSSR count). The van der Waals surface area contributed by atoms with Crippen molar-refractivity contribution in [3.63, 3.8) is 0 Å². The van der Waals surface area contributed by atoms with Crippen LogP contribution in [0.4, 0.5) is 0 Å². The van der Waals surface area contributed by atoms with Crippen LogP contribution in [-0.2, 0) is 13.0 Å². The molecular formula is C32H36BrN3O. The van der Waals surface area contributed by atoms with Gasteiger partial charge in [0.25, 0.3) is 0 Å². The molecule has 0 spiro atoms. The summed E-state index contributed by atoms with van der Waals surface area (Å²) in [5.41, 5.74) is 9.76. The summed E-state index contributed by atoms with van der Waals surface area (Å²) in [6, 6.07) is 15.9. The number of halogens is 1. The highest BCUT2D eigenvalue weighted by Gasteiger charge is 2.27. The maximum Gasteiger partial charge on any atom is 0.128 e. The Morgan fingerprint density at radius 1 is 1.05 bits per heavy atom. The number of aromatic amines is 1. The van der Waals surface area contributed by atoms with Crippen molar-refractivity contribution in [2.45, 2.75) is 77.5 Å². The van der Waals surface area contributed by atoms with Crippen LogP contribution in [0.1, 0.15) is 72.5 Å². The number of hydrogen-bond acceptors (Lipinski definition) is 3. The standard InChI is InChI=1S/C32H36BrN3O/c1-20-15-16-27-32(26(33)18-34-27)31(20)28-17-30(37-23-11-5-6-12-23)25(21(2)35-28)19-36(3)29-14-8-10-22-9-4-7-13-24(22)29/h4,7,9,13,15-18,23,29,34H,5-6,8,10-12,14,19H2,1-3H3. The van der Waals surface area contributed by atoms with Gasteiger partial charge in [-0.05, 0) is 105 Å². The lowest BCUT2D eigenvalue weighted by molar-refractivity contribution is 0.189. The van der Waals surface area contributed by atoms with Gasteiger partial charge in [0, 0.05) is 57.0 Å². The molecule has 5 heteroatoms. The molecule has 2 heterocycles. The normalized spacial score (nSPS) is 18.0. The number of H-pyrrole nitrogens is 1. The lowest BCUT2D eigenvalue weighted by Crippen LogP contribution is -2.28. The Morgan fingerprint density at radius 3 is 2.70 bits per heavy atom. The van der Waals surface area contributed by atoms with Crippen molar-refractivity contribution in [2.24, 2.45) is 0 Å². The lowest BCUT2D eigenvalue weighted by atomic mass is 9.87. The molecule has 192 valence electrons. The predicted octanol–water partition coefficient (Wildman–Crippen LogP) is 8.44. The molecule has 1 fully saturated rings. The second kappa shape index (κ2) is 10.3. The van der Waals surface area contributed by atoms with E-state index in [-0.39, 0.29) is 0 Å². The second-order valence-electron chi connectivity index (χ2n) is 10.9. The molecule has 4 aromatic rings. The lowest BCUT2D eigenvalue weighted by Gasteiger charge is -2.34. The summed E-state index contributed by atoms with van der Waals surface area (Å²) in [4.78, 5) is 11.1. The second-order valence-corrected chi connectivity index (χ2v) is 11.8. The number of nitrogens with one attached hydrogen (secondary N) is 1. The third-order valence-corrected chi connectivity index (χ3v) is 9.05. The van der Waals surface area contributed by atoms with Crippen LogP contribution in [0.25, 0.3) is 22.2 Å². The van der Waals surface area contributed by atoms with E-state index in [0.717, 1.165) is 46.5 Å². The fourth-order valence-electron chi connectivity index (χ4n) is 6.45. The number of benzene rings is 2. The summed E-state index contributed by atoms with van der Waals surface area (Å²) < 4.78 is 7.85. The zero-order chi connectivity index (χ0) is 25.5. The molecule has 1 N–H and O–H groups in total. The molecule has 1 unspecified atom stereocenters. The number of nitrogens with zero attached hydrogens (tertiary/aromatic N) is 2. The number of aryl methyl sites for hydroxylation is 3. The van der Waals surface area contributed by atoms with Gasteiger partial charge in [-0.2, -0.15) is 0 Å². The molecule has 37 heavy (non-hydrogen) atoms. The zero-order valence-electron chi connectivity index (χ0n) is 22.1. The number of fused-ring (bicyclic) bond motifs is 2. The summed E-state index contributed by atoms with van der Waals surface area (Å²) in [6.45, 7) is 5.16. The minimum atomic E-state index is 0.296. The molecule has 2 aliphatic rings. The van der Waals surface area contributed by atoms with Crippen LogP contribution in [-0.4, -0.2) is 28.0 Å². The van der Waals surface area contributed by atoms with Crippen molar-refractivity contribution in [3.8, 4) is 17.0 Å². The monoisotopic (exact) mass is 557 g/mol. The third kappa shape index (κ3) is 4.72. The van der Waals surface area contributed by atoms with Gasteiger partial charge in [0.05, 0.1) is 11.8 Å².